The van der Waals surface area contributed by atoms with Crippen molar-refractivity contribution in [1.82, 2.24) is 0 Å². The second kappa shape index (κ2) is 7.28. The maximum atomic E-state index is 12.9. The first kappa shape index (κ1) is 19.9. The Hall–Kier alpha value is -1.85. The average molecular weight is 388 g/mol. The molecular formula is C22H27O4S. The van der Waals surface area contributed by atoms with Crippen molar-refractivity contribution in [3.8, 4) is 5.75 Å². The minimum absolute atomic E-state index is 0.160. The van der Waals surface area contributed by atoms with Gasteiger partial charge in [0.25, 0.3) is 0 Å². The Morgan fingerprint density at radius 1 is 1.19 bits per heavy atom. The van der Waals surface area contributed by atoms with Crippen LogP contribution in [0.5, 0.6) is 5.75 Å². The molecule has 4 nitrogen and oxygen atoms in total. The summed E-state index contributed by atoms with van der Waals surface area (Å²) in [7, 11) is -3.63. The standard InChI is InChI=1S/C22H27O4S/c1-15(2)16(3)12-17-14-22(4,23)20-11-10-19(13-21(20)26-17)27(24,25)18-8-6-5-7-9-18/h5-11,13,16-17,23H,12,14H2,1-4H3. The van der Waals surface area contributed by atoms with E-state index in [1.54, 1.807) is 55.5 Å². The molecule has 1 aliphatic heterocycles. The minimum atomic E-state index is -3.63. The van der Waals surface area contributed by atoms with Crippen LogP contribution in [-0.4, -0.2) is 19.6 Å². The predicted molar refractivity (Wildman–Crippen MR) is 105 cm³/mol. The lowest BCUT2D eigenvalue weighted by Gasteiger charge is -2.38. The van der Waals surface area contributed by atoms with E-state index in [0.29, 0.717) is 23.7 Å². The van der Waals surface area contributed by atoms with Crippen molar-refractivity contribution < 1.29 is 18.3 Å². The van der Waals surface area contributed by atoms with Crippen LogP contribution in [0.25, 0.3) is 0 Å². The molecule has 3 rings (SSSR count). The molecule has 0 bridgehead atoms. The first-order valence-electron chi connectivity index (χ1n) is 9.25. The molecule has 0 saturated heterocycles. The molecule has 1 heterocycles. The van der Waals surface area contributed by atoms with Gasteiger partial charge in [0.15, 0.2) is 0 Å². The third-order valence-electron chi connectivity index (χ3n) is 5.42. The number of hydrogen-bond acceptors (Lipinski definition) is 4. The van der Waals surface area contributed by atoms with Gasteiger partial charge in [0.2, 0.25) is 9.84 Å². The van der Waals surface area contributed by atoms with Crippen molar-refractivity contribution in [3.05, 3.63) is 60.0 Å². The van der Waals surface area contributed by atoms with Crippen LogP contribution >= 0.6 is 0 Å². The van der Waals surface area contributed by atoms with Gasteiger partial charge in [0.05, 0.1) is 15.4 Å². The van der Waals surface area contributed by atoms with Gasteiger partial charge in [-0.1, -0.05) is 45.0 Å². The third kappa shape index (κ3) is 4.04. The van der Waals surface area contributed by atoms with Gasteiger partial charge in [-0.3, -0.25) is 0 Å². The lowest BCUT2D eigenvalue weighted by Crippen LogP contribution is -2.37. The van der Waals surface area contributed by atoms with Gasteiger partial charge in [-0.25, -0.2) is 8.42 Å². The Labute approximate surface area is 162 Å². The highest BCUT2D eigenvalue weighted by Crippen LogP contribution is 2.42. The molecule has 27 heavy (non-hydrogen) atoms. The smallest absolute Gasteiger partial charge is 0.206 e. The summed E-state index contributed by atoms with van der Waals surface area (Å²) in [5.74, 6) is 2.13. The van der Waals surface area contributed by atoms with Gasteiger partial charge >= 0.3 is 0 Å². The van der Waals surface area contributed by atoms with Gasteiger partial charge in [-0.05, 0) is 49.4 Å². The normalized spacial score (nSPS) is 23.6. The summed E-state index contributed by atoms with van der Waals surface area (Å²) in [5, 5.41) is 10.9. The van der Waals surface area contributed by atoms with E-state index in [1.165, 1.54) is 5.92 Å². The second-order valence-electron chi connectivity index (χ2n) is 7.91. The molecule has 0 saturated carbocycles. The first-order chi connectivity index (χ1) is 12.6. The molecule has 1 N–H and O–H groups in total. The number of ether oxygens (including phenoxy) is 1. The van der Waals surface area contributed by atoms with Crippen molar-refractivity contribution in [2.24, 2.45) is 5.92 Å². The van der Waals surface area contributed by atoms with E-state index < -0.39 is 15.4 Å². The summed E-state index contributed by atoms with van der Waals surface area (Å²) >= 11 is 0. The molecular weight excluding hydrogens is 360 g/mol. The topological polar surface area (TPSA) is 63.6 Å². The van der Waals surface area contributed by atoms with Crippen LogP contribution in [0.15, 0.2) is 58.3 Å². The highest BCUT2D eigenvalue weighted by Gasteiger charge is 2.37. The quantitative estimate of drug-likeness (QED) is 0.819. The Bertz CT molecular complexity index is 901. The van der Waals surface area contributed by atoms with E-state index in [0.717, 1.165) is 6.42 Å². The molecule has 0 aliphatic carbocycles. The molecule has 2 aromatic rings. The van der Waals surface area contributed by atoms with Crippen molar-refractivity contribution in [3.63, 3.8) is 0 Å². The lowest BCUT2D eigenvalue weighted by molar-refractivity contribution is -0.0213. The highest BCUT2D eigenvalue weighted by molar-refractivity contribution is 7.91. The van der Waals surface area contributed by atoms with Crippen molar-refractivity contribution >= 4 is 9.84 Å². The number of hydrogen-bond donors (Lipinski definition) is 1. The third-order valence-corrected chi connectivity index (χ3v) is 7.19. The molecule has 3 atom stereocenters. The van der Waals surface area contributed by atoms with Gasteiger partial charge in [0.1, 0.15) is 11.9 Å². The lowest BCUT2D eigenvalue weighted by atomic mass is 9.82. The minimum Gasteiger partial charge on any atom is -0.490 e. The van der Waals surface area contributed by atoms with Gasteiger partial charge in [-0.2, -0.15) is 0 Å². The number of sulfone groups is 1. The molecule has 0 spiro atoms. The fraction of sp³-hybridized carbons (Fsp3) is 0.409. The number of aliphatic hydroxyl groups is 1. The van der Waals surface area contributed by atoms with Crippen molar-refractivity contribution in [2.45, 2.75) is 62.0 Å². The summed E-state index contributed by atoms with van der Waals surface area (Å²) in [5.41, 5.74) is -0.412. The first-order valence-corrected chi connectivity index (χ1v) is 10.7. The molecule has 0 aromatic heterocycles. The number of rotatable bonds is 5. The zero-order chi connectivity index (χ0) is 19.8. The van der Waals surface area contributed by atoms with Crippen LogP contribution in [0.4, 0.5) is 0 Å². The van der Waals surface area contributed by atoms with Gasteiger partial charge in [0, 0.05) is 12.0 Å². The summed E-state index contributed by atoms with van der Waals surface area (Å²) in [6.45, 7) is 8.08. The maximum Gasteiger partial charge on any atom is 0.206 e. The molecule has 1 aliphatic rings. The Morgan fingerprint density at radius 2 is 1.85 bits per heavy atom. The van der Waals surface area contributed by atoms with E-state index >= 15 is 0 Å². The molecule has 3 unspecified atom stereocenters. The number of benzene rings is 2. The number of fused-ring (bicyclic) bond motifs is 1. The zero-order valence-electron chi connectivity index (χ0n) is 16.3. The summed E-state index contributed by atoms with van der Waals surface area (Å²) in [6, 6.07) is 13.1. The SMILES string of the molecule is C[C](C)C(C)CC1CC(C)(O)c2ccc(S(=O)(=O)c3ccccc3)cc2O1. The van der Waals surface area contributed by atoms with E-state index in [-0.39, 0.29) is 15.9 Å². The van der Waals surface area contributed by atoms with E-state index in [1.807, 2.05) is 0 Å². The van der Waals surface area contributed by atoms with Crippen molar-refractivity contribution in [1.29, 1.82) is 0 Å². The van der Waals surface area contributed by atoms with E-state index in [4.69, 9.17) is 4.74 Å². The molecule has 0 amide bonds. The van der Waals surface area contributed by atoms with Crippen LogP contribution in [-0.2, 0) is 15.4 Å². The van der Waals surface area contributed by atoms with Crippen LogP contribution in [0.3, 0.4) is 0 Å². The molecule has 145 valence electrons. The highest BCUT2D eigenvalue weighted by atomic mass is 32.2. The Kier molecular flexibility index (Phi) is 5.37. The zero-order valence-corrected chi connectivity index (χ0v) is 17.1. The van der Waals surface area contributed by atoms with Crippen molar-refractivity contribution in [2.75, 3.05) is 0 Å². The van der Waals surface area contributed by atoms with E-state index in [9.17, 15) is 13.5 Å². The van der Waals surface area contributed by atoms with Crippen LogP contribution in [0.2, 0.25) is 0 Å². The maximum absolute atomic E-state index is 12.9. The molecule has 2 aromatic carbocycles. The Morgan fingerprint density at radius 3 is 2.48 bits per heavy atom. The average Bonchev–Trinajstić information content (AvgIpc) is 2.61. The molecule has 1 radical (unpaired) electrons. The monoisotopic (exact) mass is 387 g/mol. The van der Waals surface area contributed by atoms with Gasteiger partial charge in [-0.15, -0.1) is 0 Å². The fourth-order valence-corrected chi connectivity index (χ4v) is 4.78. The summed E-state index contributed by atoms with van der Waals surface area (Å²) in [4.78, 5) is 0.420. The molecule has 5 heteroatoms. The summed E-state index contributed by atoms with van der Waals surface area (Å²) < 4.78 is 31.9. The Balaban J connectivity index is 1.96. The van der Waals surface area contributed by atoms with Crippen LogP contribution < -0.4 is 4.74 Å². The van der Waals surface area contributed by atoms with Gasteiger partial charge < -0.3 is 9.84 Å². The predicted octanol–water partition coefficient (Wildman–Crippen LogP) is 4.52. The van der Waals surface area contributed by atoms with E-state index in [2.05, 4.69) is 20.8 Å². The van der Waals surface area contributed by atoms with Crippen LogP contribution in [0.1, 0.15) is 46.1 Å². The fourth-order valence-electron chi connectivity index (χ4n) is 3.48. The molecule has 0 fully saturated rings. The second-order valence-corrected chi connectivity index (χ2v) is 9.86. The van der Waals surface area contributed by atoms with Crippen LogP contribution in [0, 0.1) is 11.8 Å². The summed E-state index contributed by atoms with van der Waals surface area (Å²) in [6.07, 6.45) is 1.11. The largest absolute Gasteiger partial charge is 0.490 e.